The van der Waals surface area contributed by atoms with Crippen molar-refractivity contribution >= 4 is 21.8 Å². The molecule has 1 saturated heterocycles. The largest absolute Gasteiger partial charge is 0.370 e. The lowest BCUT2D eigenvalue weighted by atomic mass is 10.1. The molecule has 1 fully saturated rings. The van der Waals surface area contributed by atoms with Crippen LogP contribution in [0.15, 0.2) is 59.1 Å². The molecule has 1 aliphatic heterocycles. The zero-order valence-electron chi connectivity index (χ0n) is 13.5. The number of rotatable bonds is 4. The molecule has 2 atom stereocenters. The van der Waals surface area contributed by atoms with Gasteiger partial charge in [0, 0.05) is 18.1 Å². The first kappa shape index (κ1) is 17.1. The normalized spacial score (nSPS) is 19.1. The first-order valence-electron chi connectivity index (χ1n) is 7.92. The summed E-state index contributed by atoms with van der Waals surface area (Å²) in [5, 5.41) is 0. The summed E-state index contributed by atoms with van der Waals surface area (Å²) < 4.78 is 12.3. The van der Waals surface area contributed by atoms with Gasteiger partial charge in [0.25, 0.3) is 5.91 Å². The van der Waals surface area contributed by atoms with Crippen LogP contribution in [0.1, 0.15) is 23.3 Å². The van der Waals surface area contributed by atoms with Crippen LogP contribution in [-0.2, 0) is 14.3 Å². The Kier molecular flexibility index (Phi) is 5.66. The average Bonchev–Trinajstić information content (AvgIpc) is 2.64. The van der Waals surface area contributed by atoms with Crippen molar-refractivity contribution in [2.75, 3.05) is 26.8 Å². The predicted molar refractivity (Wildman–Crippen MR) is 95.6 cm³/mol. The fourth-order valence-corrected chi connectivity index (χ4v) is 3.17. The van der Waals surface area contributed by atoms with E-state index in [4.69, 9.17) is 9.47 Å². The van der Waals surface area contributed by atoms with Crippen molar-refractivity contribution < 1.29 is 14.3 Å². The van der Waals surface area contributed by atoms with Gasteiger partial charge in [-0.25, -0.2) is 0 Å². The third-order valence-corrected chi connectivity index (χ3v) is 4.71. The molecule has 0 aliphatic carbocycles. The first-order valence-corrected chi connectivity index (χ1v) is 8.72. The van der Waals surface area contributed by atoms with Crippen LogP contribution in [0.5, 0.6) is 0 Å². The maximum atomic E-state index is 12.9. The number of amides is 1. The van der Waals surface area contributed by atoms with Crippen LogP contribution in [0, 0.1) is 0 Å². The molecular weight excluding hydrogens is 370 g/mol. The van der Waals surface area contributed by atoms with Gasteiger partial charge in [-0.3, -0.25) is 4.79 Å². The standard InChI is InChI=1S/C19H20BrNO3/c1-23-18(15-5-3-2-4-6-15)19(22)21-11-12-24-17(13-21)14-7-9-16(20)10-8-14/h2-10,17-18H,11-13H2,1H3. The lowest BCUT2D eigenvalue weighted by Crippen LogP contribution is -2.44. The van der Waals surface area contributed by atoms with Crippen molar-refractivity contribution in [3.05, 3.63) is 70.2 Å². The molecule has 0 spiro atoms. The van der Waals surface area contributed by atoms with Gasteiger partial charge in [0.05, 0.1) is 13.2 Å². The van der Waals surface area contributed by atoms with Crippen molar-refractivity contribution in [1.29, 1.82) is 0 Å². The Balaban J connectivity index is 1.73. The fraction of sp³-hybridized carbons (Fsp3) is 0.316. The molecule has 2 unspecified atom stereocenters. The first-order chi connectivity index (χ1) is 11.7. The highest BCUT2D eigenvalue weighted by Crippen LogP contribution is 2.27. The molecule has 1 amide bonds. The summed E-state index contributed by atoms with van der Waals surface area (Å²) in [5.41, 5.74) is 1.95. The van der Waals surface area contributed by atoms with E-state index < -0.39 is 6.10 Å². The highest BCUT2D eigenvalue weighted by molar-refractivity contribution is 9.10. The summed E-state index contributed by atoms with van der Waals surface area (Å²) in [6.07, 6.45) is -0.682. The minimum atomic E-state index is -0.574. The third-order valence-electron chi connectivity index (χ3n) is 4.18. The smallest absolute Gasteiger partial charge is 0.256 e. The number of ether oxygens (including phenoxy) is 2. The Morgan fingerprint density at radius 1 is 1.21 bits per heavy atom. The molecule has 1 heterocycles. The van der Waals surface area contributed by atoms with Crippen LogP contribution in [0.2, 0.25) is 0 Å². The number of hydrogen-bond acceptors (Lipinski definition) is 3. The minimum Gasteiger partial charge on any atom is -0.370 e. The molecule has 0 radical (unpaired) electrons. The topological polar surface area (TPSA) is 38.8 Å². The molecule has 126 valence electrons. The Labute approximate surface area is 150 Å². The number of morpholine rings is 1. The van der Waals surface area contributed by atoms with Gasteiger partial charge in [0.1, 0.15) is 6.10 Å². The van der Waals surface area contributed by atoms with E-state index in [2.05, 4.69) is 15.9 Å². The van der Waals surface area contributed by atoms with Gasteiger partial charge in [0.15, 0.2) is 6.10 Å². The van der Waals surface area contributed by atoms with Gasteiger partial charge >= 0.3 is 0 Å². The van der Waals surface area contributed by atoms with Crippen molar-refractivity contribution in [2.24, 2.45) is 0 Å². The second-order valence-corrected chi connectivity index (χ2v) is 6.64. The van der Waals surface area contributed by atoms with E-state index in [1.165, 1.54) is 0 Å². The summed E-state index contributed by atoms with van der Waals surface area (Å²) in [7, 11) is 1.57. The molecule has 2 aromatic carbocycles. The van der Waals surface area contributed by atoms with Crippen molar-refractivity contribution in [3.63, 3.8) is 0 Å². The van der Waals surface area contributed by atoms with Crippen molar-refractivity contribution in [2.45, 2.75) is 12.2 Å². The van der Waals surface area contributed by atoms with Crippen LogP contribution in [0.3, 0.4) is 0 Å². The quantitative estimate of drug-likeness (QED) is 0.799. The highest BCUT2D eigenvalue weighted by Gasteiger charge is 2.30. The zero-order chi connectivity index (χ0) is 16.9. The number of carbonyl (C=O) groups excluding carboxylic acids is 1. The van der Waals surface area contributed by atoms with Crippen LogP contribution < -0.4 is 0 Å². The number of nitrogens with zero attached hydrogens (tertiary/aromatic N) is 1. The monoisotopic (exact) mass is 389 g/mol. The SMILES string of the molecule is COC(C(=O)N1CCOC(c2ccc(Br)cc2)C1)c1ccccc1. The van der Waals surface area contributed by atoms with Crippen LogP contribution in [0.25, 0.3) is 0 Å². The van der Waals surface area contributed by atoms with Crippen molar-refractivity contribution in [3.8, 4) is 0 Å². The summed E-state index contributed by atoms with van der Waals surface area (Å²) in [5.74, 6) is -0.0193. The molecule has 2 aromatic rings. The Morgan fingerprint density at radius 3 is 2.58 bits per heavy atom. The second kappa shape index (κ2) is 7.92. The summed E-state index contributed by atoms with van der Waals surface area (Å²) in [6.45, 7) is 1.64. The second-order valence-electron chi connectivity index (χ2n) is 5.72. The highest BCUT2D eigenvalue weighted by atomic mass is 79.9. The number of benzene rings is 2. The van der Waals surface area contributed by atoms with Crippen LogP contribution in [-0.4, -0.2) is 37.6 Å². The van der Waals surface area contributed by atoms with E-state index in [0.717, 1.165) is 15.6 Å². The summed E-state index contributed by atoms with van der Waals surface area (Å²) in [4.78, 5) is 14.7. The van der Waals surface area contributed by atoms with E-state index in [1.54, 1.807) is 7.11 Å². The van der Waals surface area contributed by atoms with Gasteiger partial charge in [-0.05, 0) is 23.3 Å². The molecular formula is C19H20BrNO3. The molecule has 4 nitrogen and oxygen atoms in total. The van der Waals surface area contributed by atoms with E-state index in [-0.39, 0.29) is 12.0 Å². The van der Waals surface area contributed by atoms with Gasteiger partial charge in [-0.15, -0.1) is 0 Å². The van der Waals surface area contributed by atoms with E-state index >= 15 is 0 Å². The lowest BCUT2D eigenvalue weighted by Gasteiger charge is -2.35. The van der Waals surface area contributed by atoms with Gasteiger partial charge in [-0.2, -0.15) is 0 Å². The average molecular weight is 390 g/mol. The molecule has 0 bridgehead atoms. The predicted octanol–water partition coefficient (Wildman–Crippen LogP) is 3.74. The summed E-state index contributed by atoms with van der Waals surface area (Å²) >= 11 is 3.44. The van der Waals surface area contributed by atoms with E-state index in [9.17, 15) is 4.79 Å². The van der Waals surface area contributed by atoms with E-state index in [1.807, 2.05) is 59.5 Å². The van der Waals surface area contributed by atoms with Gasteiger partial charge < -0.3 is 14.4 Å². The molecule has 24 heavy (non-hydrogen) atoms. The minimum absolute atomic E-state index is 0.0193. The van der Waals surface area contributed by atoms with Gasteiger partial charge in [-0.1, -0.05) is 58.4 Å². The van der Waals surface area contributed by atoms with Crippen molar-refractivity contribution in [1.82, 2.24) is 4.90 Å². The number of methoxy groups -OCH3 is 1. The molecule has 5 heteroatoms. The third kappa shape index (κ3) is 3.86. The van der Waals surface area contributed by atoms with Crippen LogP contribution in [0.4, 0.5) is 0 Å². The Hall–Kier alpha value is -1.69. The molecule has 3 rings (SSSR count). The zero-order valence-corrected chi connectivity index (χ0v) is 15.1. The molecule has 1 aliphatic rings. The maximum Gasteiger partial charge on any atom is 0.256 e. The lowest BCUT2D eigenvalue weighted by molar-refractivity contribution is -0.150. The van der Waals surface area contributed by atoms with E-state index in [0.29, 0.717) is 19.7 Å². The van der Waals surface area contributed by atoms with Crippen LogP contribution >= 0.6 is 15.9 Å². The Morgan fingerprint density at radius 2 is 1.92 bits per heavy atom. The molecule has 0 saturated carbocycles. The number of halogens is 1. The molecule has 0 N–H and O–H groups in total. The maximum absolute atomic E-state index is 12.9. The number of hydrogen-bond donors (Lipinski definition) is 0. The van der Waals surface area contributed by atoms with Gasteiger partial charge in [0.2, 0.25) is 0 Å². The summed E-state index contributed by atoms with van der Waals surface area (Å²) in [6, 6.07) is 17.6. The Bertz CT molecular complexity index is 675. The molecule has 0 aromatic heterocycles. The fourth-order valence-electron chi connectivity index (χ4n) is 2.90. The number of carbonyl (C=O) groups is 1.